The molecule has 0 radical (unpaired) electrons. The Balaban J connectivity index is 1.96. The number of rotatable bonds is 3. The molecule has 2 aromatic rings. The van der Waals surface area contributed by atoms with Crippen molar-refractivity contribution in [3.8, 4) is 5.82 Å². The minimum absolute atomic E-state index is 0.0166. The molecule has 24 heavy (non-hydrogen) atoms. The first kappa shape index (κ1) is 16.6. The van der Waals surface area contributed by atoms with Gasteiger partial charge < -0.3 is 9.64 Å². The topological polar surface area (TPSA) is 60.2 Å². The van der Waals surface area contributed by atoms with Crippen molar-refractivity contribution in [3.05, 3.63) is 41.9 Å². The van der Waals surface area contributed by atoms with Crippen LogP contribution in [0.15, 0.2) is 30.6 Å². The number of amides is 1. The molecule has 6 nitrogen and oxygen atoms in total. The number of carbonyl (C=O) groups excluding carboxylic acids is 1. The maximum absolute atomic E-state index is 13.1. The van der Waals surface area contributed by atoms with Crippen LogP contribution in [0.5, 0.6) is 0 Å². The first-order chi connectivity index (χ1) is 11.5. The van der Waals surface area contributed by atoms with Crippen LogP contribution in [0.2, 0.25) is 0 Å². The summed E-state index contributed by atoms with van der Waals surface area (Å²) in [6.07, 6.45) is 3.49. The van der Waals surface area contributed by atoms with Gasteiger partial charge in [-0.15, -0.1) is 0 Å². The van der Waals surface area contributed by atoms with Gasteiger partial charge in [-0.2, -0.15) is 5.10 Å². The van der Waals surface area contributed by atoms with Gasteiger partial charge in [-0.3, -0.25) is 4.79 Å². The molecule has 0 N–H and O–H groups in total. The smallest absolute Gasteiger partial charge is 0.257 e. The minimum Gasteiger partial charge on any atom is -0.372 e. The molecule has 0 bridgehead atoms. The Morgan fingerprint density at radius 1 is 1.25 bits per heavy atom. The standard InChI is InChI=1S/C18H24N4O2/c1-12(2)17-15(9-20-22(17)16-7-5-6-8-19-16)18(23)21-10-13(3)24-14(4)11-21/h5-9,12-14H,10-11H2,1-4H3. The Bertz CT molecular complexity index is 701. The fourth-order valence-corrected chi connectivity index (χ4v) is 3.25. The SMILES string of the molecule is CC1CN(C(=O)c2cnn(-c3ccccn3)c2C(C)C)CC(C)O1. The van der Waals surface area contributed by atoms with Gasteiger partial charge in [0.25, 0.3) is 5.91 Å². The Morgan fingerprint density at radius 2 is 1.96 bits per heavy atom. The highest BCUT2D eigenvalue weighted by molar-refractivity contribution is 5.95. The van der Waals surface area contributed by atoms with Gasteiger partial charge >= 0.3 is 0 Å². The van der Waals surface area contributed by atoms with Crippen LogP contribution in [0, 0.1) is 0 Å². The number of hydrogen-bond acceptors (Lipinski definition) is 4. The van der Waals surface area contributed by atoms with E-state index < -0.39 is 0 Å². The lowest BCUT2D eigenvalue weighted by Crippen LogP contribution is -2.48. The molecule has 1 saturated heterocycles. The van der Waals surface area contributed by atoms with Crippen molar-refractivity contribution < 1.29 is 9.53 Å². The number of pyridine rings is 1. The normalized spacial score (nSPS) is 21.3. The van der Waals surface area contributed by atoms with Crippen LogP contribution in [0.25, 0.3) is 5.82 Å². The van der Waals surface area contributed by atoms with Crippen LogP contribution >= 0.6 is 0 Å². The van der Waals surface area contributed by atoms with Crippen LogP contribution < -0.4 is 0 Å². The number of hydrogen-bond donors (Lipinski definition) is 0. The lowest BCUT2D eigenvalue weighted by Gasteiger charge is -2.35. The number of aromatic nitrogens is 3. The van der Waals surface area contributed by atoms with Crippen molar-refractivity contribution >= 4 is 5.91 Å². The van der Waals surface area contributed by atoms with E-state index in [0.717, 1.165) is 11.5 Å². The second-order valence-corrected chi connectivity index (χ2v) is 6.67. The summed E-state index contributed by atoms with van der Waals surface area (Å²) >= 11 is 0. The molecular formula is C18H24N4O2. The van der Waals surface area contributed by atoms with Crippen LogP contribution in [0.1, 0.15) is 49.7 Å². The lowest BCUT2D eigenvalue weighted by molar-refractivity contribution is -0.0586. The highest BCUT2D eigenvalue weighted by Gasteiger charge is 2.30. The highest BCUT2D eigenvalue weighted by Crippen LogP contribution is 2.24. The summed E-state index contributed by atoms with van der Waals surface area (Å²) in [5.74, 6) is 0.899. The van der Waals surface area contributed by atoms with Gasteiger partial charge in [0.05, 0.1) is 29.7 Å². The Morgan fingerprint density at radius 3 is 2.54 bits per heavy atom. The van der Waals surface area contributed by atoms with Crippen molar-refractivity contribution in [2.75, 3.05) is 13.1 Å². The second-order valence-electron chi connectivity index (χ2n) is 6.67. The summed E-state index contributed by atoms with van der Waals surface area (Å²) in [7, 11) is 0. The van der Waals surface area contributed by atoms with E-state index in [1.165, 1.54) is 0 Å². The van der Waals surface area contributed by atoms with Crippen molar-refractivity contribution in [2.24, 2.45) is 0 Å². The summed E-state index contributed by atoms with van der Waals surface area (Å²) in [4.78, 5) is 19.3. The van der Waals surface area contributed by atoms with Crippen molar-refractivity contribution in [2.45, 2.75) is 45.8 Å². The Hall–Kier alpha value is -2.21. The van der Waals surface area contributed by atoms with Gasteiger partial charge in [0.2, 0.25) is 0 Å². The van der Waals surface area contributed by atoms with Crippen LogP contribution in [-0.4, -0.2) is 50.9 Å². The molecule has 2 unspecified atom stereocenters. The molecular weight excluding hydrogens is 304 g/mol. The molecule has 1 fully saturated rings. The first-order valence-electron chi connectivity index (χ1n) is 8.41. The predicted octanol–water partition coefficient (Wildman–Crippen LogP) is 2.64. The van der Waals surface area contributed by atoms with Gasteiger partial charge in [-0.1, -0.05) is 19.9 Å². The van der Waals surface area contributed by atoms with Gasteiger partial charge in [-0.05, 0) is 31.9 Å². The molecule has 0 spiro atoms. The average Bonchev–Trinajstić information content (AvgIpc) is 2.99. The van der Waals surface area contributed by atoms with Crippen LogP contribution in [0.4, 0.5) is 0 Å². The van der Waals surface area contributed by atoms with Crippen LogP contribution in [0.3, 0.4) is 0 Å². The maximum atomic E-state index is 13.1. The van der Waals surface area contributed by atoms with E-state index >= 15 is 0 Å². The third kappa shape index (κ3) is 3.19. The molecule has 0 aliphatic carbocycles. The minimum atomic E-state index is 0.0166. The molecule has 2 atom stereocenters. The zero-order chi connectivity index (χ0) is 17.3. The van der Waals surface area contributed by atoms with Gasteiger partial charge in [-0.25, -0.2) is 9.67 Å². The fourth-order valence-electron chi connectivity index (χ4n) is 3.25. The molecule has 1 aliphatic rings. The third-order valence-electron chi connectivity index (χ3n) is 4.16. The van der Waals surface area contributed by atoms with E-state index in [0.29, 0.717) is 18.7 Å². The molecule has 3 rings (SSSR count). The molecule has 2 aromatic heterocycles. The van der Waals surface area contributed by atoms with Crippen molar-refractivity contribution in [1.82, 2.24) is 19.7 Å². The number of morpholine rings is 1. The predicted molar refractivity (Wildman–Crippen MR) is 91.4 cm³/mol. The summed E-state index contributed by atoms with van der Waals surface area (Å²) in [5, 5.41) is 4.44. The van der Waals surface area contributed by atoms with E-state index in [1.807, 2.05) is 36.9 Å². The molecule has 6 heteroatoms. The van der Waals surface area contributed by atoms with E-state index in [4.69, 9.17) is 4.74 Å². The second kappa shape index (κ2) is 6.73. The van der Waals surface area contributed by atoms with Gasteiger partial charge in [0.15, 0.2) is 5.82 Å². The zero-order valence-corrected chi connectivity index (χ0v) is 14.6. The van der Waals surface area contributed by atoms with E-state index in [1.54, 1.807) is 17.1 Å². The van der Waals surface area contributed by atoms with E-state index in [9.17, 15) is 4.79 Å². The van der Waals surface area contributed by atoms with Crippen molar-refractivity contribution in [1.29, 1.82) is 0 Å². The summed E-state index contributed by atoms with van der Waals surface area (Å²) in [5.41, 5.74) is 1.54. The first-order valence-corrected chi connectivity index (χ1v) is 8.41. The summed E-state index contributed by atoms with van der Waals surface area (Å²) in [6.45, 7) is 9.34. The number of nitrogens with zero attached hydrogens (tertiary/aromatic N) is 4. The number of carbonyl (C=O) groups is 1. The third-order valence-corrected chi connectivity index (χ3v) is 4.16. The van der Waals surface area contributed by atoms with E-state index in [2.05, 4.69) is 23.9 Å². The summed E-state index contributed by atoms with van der Waals surface area (Å²) in [6, 6.07) is 5.68. The quantitative estimate of drug-likeness (QED) is 0.869. The Labute approximate surface area is 142 Å². The van der Waals surface area contributed by atoms with Gasteiger partial charge in [0.1, 0.15) is 0 Å². The lowest BCUT2D eigenvalue weighted by atomic mass is 10.0. The zero-order valence-electron chi connectivity index (χ0n) is 14.6. The molecule has 0 aromatic carbocycles. The molecule has 1 aliphatic heterocycles. The largest absolute Gasteiger partial charge is 0.372 e. The fraction of sp³-hybridized carbons (Fsp3) is 0.500. The van der Waals surface area contributed by atoms with Crippen LogP contribution in [-0.2, 0) is 4.74 Å². The maximum Gasteiger partial charge on any atom is 0.257 e. The Kier molecular flexibility index (Phi) is 4.66. The van der Waals surface area contributed by atoms with E-state index in [-0.39, 0.29) is 24.0 Å². The average molecular weight is 328 g/mol. The molecule has 128 valence electrons. The van der Waals surface area contributed by atoms with Gasteiger partial charge in [0, 0.05) is 19.3 Å². The molecule has 0 saturated carbocycles. The van der Waals surface area contributed by atoms with Crippen molar-refractivity contribution in [3.63, 3.8) is 0 Å². The summed E-state index contributed by atoms with van der Waals surface area (Å²) < 4.78 is 7.50. The monoisotopic (exact) mass is 328 g/mol. The molecule has 1 amide bonds. The highest BCUT2D eigenvalue weighted by atomic mass is 16.5. The number of ether oxygens (including phenoxy) is 1. The molecule has 3 heterocycles.